The second-order valence-corrected chi connectivity index (χ2v) is 11.5. The number of anilines is 1. The highest BCUT2D eigenvalue weighted by molar-refractivity contribution is 6.41. The molecule has 2 heterocycles. The van der Waals surface area contributed by atoms with E-state index in [1.807, 2.05) is 42.5 Å². The first-order valence-electron chi connectivity index (χ1n) is 15.2. The van der Waals surface area contributed by atoms with Gasteiger partial charge in [-0.05, 0) is 41.3 Å². The van der Waals surface area contributed by atoms with Crippen molar-refractivity contribution in [1.82, 2.24) is 9.47 Å². The molecule has 1 fully saturated rings. The Morgan fingerprint density at radius 3 is 2.25 bits per heavy atom. The van der Waals surface area contributed by atoms with Crippen molar-refractivity contribution in [1.29, 1.82) is 0 Å². The molecule has 244 valence electrons. The molecule has 1 aliphatic rings. The van der Waals surface area contributed by atoms with Crippen LogP contribution in [0.3, 0.4) is 0 Å². The maximum Gasteiger partial charge on any atom is 0.294 e. The number of benzene rings is 4. The summed E-state index contributed by atoms with van der Waals surface area (Å²) in [6.07, 6.45) is 1.29. The van der Waals surface area contributed by atoms with E-state index in [0.29, 0.717) is 25.2 Å². The van der Waals surface area contributed by atoms with Gasteiger partial charge in [0.15, 0.2) is 11.6 Å². The molecule has 6 rings (SSSR count). The van der Waals surface area contributed by atoms with E-state index in [0.717, 1.165) is 33.2 Å². The number of aliphatic hydroxyl groups excluding tert-OH is 1. The van der Waals surface area contributed by atoms with Gasteiger partial charge in [0, 0.05) is 67.1 Å². The van der Waals surface area contributed by atoms with Crippen LogP contribution in [-0.2, 0) is 22.6 Å². The highest BCUT2D eigenvalue weighted by atomic mass is 19.2. The lowest BCUT2D eigenvalue weighted by atomic mass is 10.0. The van der Waals surface area contributed by atoms with Crippen LogP contribution in [0.4, 0.5) is 23.2 Å². The van der Waals surface area contributed by atoms with E-state index in [2.05, 4.69) is 4.90 Å². The molecule has 7 nitrogen and oxygen atoms in total. The fourth-order valence-corrected chi connectivity index (χ4v) is 5.89. The largest absolute Gasteiger partial charge is 0.507 e. The molecule has 48 heavy (non-hydrogen) atoms. The van der Waals surface area contributed by atoms with E-state index < -0.39 is 63.8 Å². The topological polar surface area (TPSA) is 82.8 Å². The van der Waals surface area contributed by atoms with Gasteiger partial charge in [0.05, 0.1) is 12.1 Å². The molecule has 5 aromatic rings. The number of ketones is 1. The molecule has 11 heteroatoms. The maximum absolute atomic E-state index is 14.5. The number of hydrogen-bond acceptors (Lipinski definition) is 5. The van der Waals surface area contributed by atoms with Crippen molar-refractivity contribution in [3.05, 3.63) is 153 Å². The second kappa shape index (κ2) is 13.6. The smallest absolute Gasteiger partial charge is 0.294 e. The van der Waals surface area contributed by atoms with E-state index in [4.69, 9.17) is 0 Å². The van der Waals surface area contributed by atoms with Gasteiger partial charge < -0.3 is 19.5 Å². The van der Waals surface area contributed by atoms with Crippen LogP contribution in [-0.4, -0.2) is 52.4 Å². The predicted octanol–water partition coefficient (Wildman–Crippen LogP) is 6.01. The molecule has 0 saturated carbocycles. The zero-order valence-electron chi connectivity index (χ0n) is 25.5. The van der Waals surface area contributed by atoms with Crippen molar-refractivity contribution in [2.24, 2.45) is 0 Å². The summed E-state index contributed by atoms with van der Waals surface area (Å²) >= 11 is 0. The van der Waals surface area contributed by atoms with Crippen molar-refractivity contribution < 1.29 is 32.3 Å². The molecule has 0 bridgehead atoms. The van der Waals surface area contributed by atoms with E-state index in [-0.39, 0.29) is 30.8 Å². The quantitative estimate of drug-likeness (QED) is 0.0728. The first-order chi connectivity index (χ1) is 23.1. The van der Waals surface area contributed by atoms with Gasteiger partial charge in [-0.1, -0.05) is 54.6 Å². The second-order valence-electron chi connectivity index (χ2n) is 11.5. The van der Waals surface area contributed by atoms with E-state index >= 15 is 0 Å². The molecule has 1 saturated heterocycles. The fraction of sp³-hybridized carbons (Fsp3) is 0.162. The first-order valence-corrected chi connectivity index (χ1v) is 15.2. The summed E-state index contributed by atoms with van der Waals surface area (Å²) < 4.78 is 58.4. The van der Waals surface area contributed by atoms with Gasteiger partial charge in [0.1, 0.15) is 17.4 Å². The number of aromatic nitrogens is 1. The number of hydrogen-bond donors (Lipinski definition) is 1. The number of nitrogens with zero attached hydrogens (tertiary/aromatic N) is 3. The van der Waals surface area contributed by atoms with Crippen LogP contribution in [0.5, 0.6) is 0 Å². The number of halogens is 4. The molecule has 4 aromatic carbocycles. The Labute approximate surface area is 272 Å². The Morgan fingerprint density at radius 2 is 1.48 bits per heavy atom. The van der Waals surface area contributed by atoms with Crippen molar-refractivity contribution in [2.75, 3.05) is 31.1 Å². The average molecular weight is 656 g/mol. The number of pyridine rings is 1. The molecule has 1 aliphatic heterocycles. The van der Waals surface area contributed by atoms with Gasteiger partial charge in [0.2, 0.25) is 5.78 Å². The normalized spacial score (nSPS) is 13.6. The number of rotatable bonds is 8. The van der Waals surface area contributed by atoms with Crippen LogP contribution in [0.2, 0.25) is 0 Å². The standard InChI is InChI=1S/C37H29F4N3O4/c38-29-10-4-2-7-25(29)22-44-21-23(18-27-30(39)12-13-31(40)35(27)41)19-28(36(44)47)33(45)20-34(46)37(48)43-16-14-42(15-17-43)32-11-5-8-24-6-1-3-9-26(24)32/h1-13,19-21,45H,14-18,22H2/b33-20-. The third-order valence-corrected chi connectivity index (χ3v) is 8.39. The molecule has 0 spiro atoms. The third kappa shape index (κ3) is 6.57. The number of piperazine rings is 1. The average Bonchev–Trinajstić information content (AvgIpc) is 3.10. The van der Waals surface area contributed by atoms with Crippen LogP contribution in [0, 0.1) is 23.3 Å². The summed E-state index contributed by atoms with van der Waals surface area (Å²) in [5.41, 5.74) is -0.804. The van der Waals surface area contributed by atoms with Gasteiger partial charge in [-0.3, -0.25) is 14.4 Å². The number of aliphatic hydroxyl groups is 1. The van der Waals surface area contributed by atoms with Crippen molar-refractivity contribution in [2.45, 2.75) is 13.0 Å². The maximum atomic E-state index is 14.5. The molecule has 1 N–H and O–H groups in total. The number of carbonyl (C=O) groups is 2. The lowest BCUT2D eigenvalue weighted by molar-refractivity contribution is -0.142. The number of fused-ring (bicyclic) bond motifs is 1. The molecule has 0 aliphatic carbocycles. The van der Waals surface area contributed by atoms with Gasteiger partial charge in [-0.25, -0.2) is 17.6 Å². The van der Waals surface area contributed by atoms with Crippen molar-refractivity contribution in [3.8, 4) is 0 Å². The van der Waals surface area contributed by atoms with Gasteiger partial charge in [0.25, 0.3) is 11.5 Å². The fourth-order valence-electron chi connectivity index (χ4n) is 5.89. The third-order valence-electron chi connectivity index (χ3n) is 8.39. The molecule has 0 atom stereocenters. The summed E-state index contributed by atoms with van der Waals surface area (Å²) in [7, 11) is 0. The Morgan fingerprint density at radius 1 is 0.792 bits per heavy atom. The minimum atomic E-state index is -1.43. The molecular formula is C37H29F4N3O4. The van der Waals surface area contributed by atoms with Gasteiger partial charge >= 0.3 is 0 Å². The lowest BCUT2D eigenvalue weighted by Crippen LogP contribution is -2.50. The summed E-state index contributed by atoms with van der Waals surface area (Å²) in [4.78, 5) is 43.1. The molecule has 0 radical (unpaired) electrons. The Kier molecular flexibility index (Phi) is 9.11. The Balaban J connectivity index is 1.25. The Bertz CT molecular complexity index is 2130. The zero-order valence-corrected chi connectivity index (χ0v) is 25.5. The molecule has 0 unspecified atom stereocenters. The minimum Gasteiger partial charge on any atom is -0.507 e. The van der Waals surface area contributed by atoms with E-state index in [1.54, 1.807) is 6.07 Å². The first kappa shape index (κ1) is 32.2. The molecule has 1 amide bonds. The van der Waals surface area contributed by atoms with Crippen LogP contribution < -0.4 is 10.5 Å². The SMILES string of the molecule is O=C(/C=C(\O)c1cc(Cc2c(F)ccc(F)c2F)cn(Cc2ccccc2F)c1=O)C(=O)N1CCN(c2cccc3ccccc23)CC1. The summed E-state index contributed by atoms with van der Waals surface area (Å²) in [5, 5.41) is 13.1. The van der Waals surface area contributed by atoms with Crippen molar-refractivity contribution >= 4 is 33.9 Å². The summed E-state index contributed by atoms with van der Waals surface area (Å²) in [5.74, 6) is -7.20. The lowest BCUT2D eigenvalue weighted by Gasteiger charge is -2.36. The number of amides is 1. The highest BCUT2D eigenvalue weighted by Gasteiger charge is 2.27. The monoisotopic (exact) mass is 655 g/mol. The van der Waals surface area contributed by atoms with Crippen molar-refractivity contribution in [3.63, 3.8) is 0 Å². The van der Waals surface area contributed by atoms with Gasteiger partial charge in [-0.2, -0.15) is 0 Å². The van der Waals surface area contributed by atoms with Crippen LogP contribution in [0.25, 0.3) is 16.5 Å². The summed E-state index contributed by atoms with van der Waals surface area (Å²) in [6.45, 7) is 1.05. The van der Waals surface area contributed by atoms with Crippen LogP contribution >= 0.6 is 0 Å². The number of carbonyl (C=O) groups excluding carboxylic acids is 2. The van der Waals surface area contributed by atoms with Gasteiger partial charge in [-0.15, -0.1) is 0 Å². The Hall–Kier alpha value is -5.71. The zero-order chi connectivity index (χ0) is 33.9. The summed E-state index contributed by atoms with van der Waals surface area (Å²) in [6, 6.07) is 22.0. The predicted molar refractivity (Wildman–Crippen MR) is 174 cm³/mol. The molecular weight excluding hydrogens is 626 g/mol. The highest BCUT2D eigenvalue weighted by Crippen LogP contribution is 2.28. The minimum absolute atomic E-state index is 0.0487. The van der Waals surface area contributed by atoms with E-state index in [9.17, 15) is 37.1 Å². The van der Waals surface area contributed by atoms with Crippen LogP contribution in [0.1, 0.15) is 22.3 Å². The van der Waals surface area contributed by atoms with E-state index in [1.165, 1.54) is 29.3 Å². The van der Waals surface area contributed by atoms with Crippen LogP contribution in [0.15, 0.2) is 102 Å². The molecule has 1 aromatic heterocycles.